The van der Waals surface area contributed by atoms with E-state index in [2.05, 4.69) is 5.32 Å². The average molecular weight is 369 g/mol. The molecule has 128 valence electrons. The van der Waals surface area contributed by atoms with Crippen LogP contribution >= 0.6 is 11.6 Å². The Hall–Kier alpha value is -2.09. The van der Waals surface area contributed by atoms with Crippen LogP contribution in [0, 0.1) is 0 Å². The van der Waals surface area contributed by atoms with Gasteiger partial charge in [-0.25, -0.2) is 12.7 Å². The Morgan fingerprint density at radius 2 is 1.88 bits per heavy atom. The van der Waals surface area contributed by atoms with E-state index in [0.717, 1.165) is 4.31 Å². The molecule has 2 aromatic rings. The van der Waals surface area contributed by atoms with Crippen LogP contribution in [0.4, 0.5) is 5.69 Å². The van der Waals surface area contributed by atoms with Crippen LogP contribution in [0.2, 0.25) is 5.02 Å². The van der Waals surface area contributed by atoms with Gasteiger partial charge in [-0.3, -0.25) is 4.79 Å². The maximum atomic E-state index is 12.4. The number of rotatable bonds is 5. The molecular weight excluding hydrogens is 352 g/mol. The van der Waals surface area contributed by atoms with E-state index in [1.54, 1.807) is 18.2 Å². The fourth-order valence-corrected chi connectivity index (χ4v) is 3.10. The minimum atomic E-state index is -3.62. The number of nitrogens with one attached hydrogen (secondary N) is 1. The van der Waals surface area contributed by atoms with E-state index in [-0.39, 0.29) is 10.5 Å². The molecule has 0 saturated carbocycles. The van der Waals surface area contributed by atoms with Gasteiger partial charge in [0.2, 0.25) is 10.0 Å². The van der Waals surface area contributed by atoms with E-state index in [9.17, 15) is 13.2 Å². The van der Waals surface area contributed by atoms with Crippen LogP contribution in [0.3, 0.4) is 0 Å². The van der Waals surface area contributed by atoms with Crippen molar-refractivity contribution in [1.82, 2.24) is 4.31 Å². The predicted octanol–water partition coefficient (Wildman–Crippen LogP) is 2.85. The maximum absolute atomic E-state index is 12.4. The summed E-state index contributed by atoms with van der Waals surface area (Å²) in [6, 6.07) is 10.6. The second-order valence-corrected chi connectivity index (χ2v) is 7.70. The first-order valence-electron chi connectivity index (χ1n) is 6.93. The summed E-state index contributed by atoms with van der Waals surface area (Å²) in [7, 11) is 0.717. The molecule has 0 heterocycles. The third kappa shape index (κ3) is 3.87. The fraction of sp³-hybridized carbons (Fsp3) is 0.188. The Bertz CT molecular complexity index is 866. The molecule has 0 aliphatic heterocycles. The van der Waals surface area contributed by atoms with Crippen LogP contribution < -0.4 is 10.1 Å². The summed E-state index contributed by atoms with van der Waals surface area (Å²) >= 11 is 5.93. The SMILES string of the molecule is COc1ccc(Cl)cc1NC(=O)c1cccc(S(=O)(=O)N(C)C)c1. The summed E-state index contributed by atoms with van der Waals surface area (Å²) in [5, 5.41) is 3.11. The number of nitrogens with zero attached hydrogens (tertiary/aromatic N) is 1. The molecule has 0 radical (unpaired) electrons. The highest BCUT2D eigenvalue weighted by atomic mass is 35.5. The molecule has 0 spiro atoms. The molecule has 0 saturated heterocycles. The molecule has 0 atom stereocenters. The maximum Gasteiger partial charge on any atom is 0.255 e. The normalized spacial score (nSPS) is 11.4. The summed E-state index contributed by atoms with van der Waals surface area (Å²) in [6.45, 7) is 0. The van der Waals surface area contributed by atoms with Crippen molar-refractivity contribution in [3.8, 4) is 5.75 Å². The quantitative estimate of drug-likeness (QED) is 0.880. The molecule has 0 aliphatic carbocycles. The minimum Gasteiger partial charge on any atom is -0.495 e. The highest BCUT2D eigenvalue weighted by Gasteiger charge is 2.19. The predicted molar refractivity (Wildman–Crippen MR) is 93.3 cm³/mol. The largest absolute Gasteiger partial charge is 0.495 e. The monoisotopic (exact) mass is 368 g/mol. The highest BCUT2D eigenvalue weighted by Crippen LogP contribution is 2.28. The van der Waals surface area contributed by atoms with Crippen LogP contribution in [0.1, 0.15) is 10.4 Å². The van der Waals surface area contributed by atoms with Crippen molar-refractivity contribution in [1.29, 1.82) is 0 Å². The number of hydrogen-bond donors (Lipinski definition) is 1. The molecule has 0 fully saturated rings. The number of carbonyl (C=O) groups excluding carboxylic acids is 1. The van der Waals surface area contributed by atoms with Crippen molar-refractivity contribution in [2.75, 3.05) is 26.5 Å². The molecule has 1 N–H and O–H groups in total. The van der Waals surface area contributed by atoms with Gasteiger partial charge in [-0.1, -0.05) is 17.7 Å². The van der Waals surface area contributed by atoms with E-state index in [1.165, 1.54) is 45.5 Å². The molecule has 0 unspecified atom stereocenters. The zero-order valence-corrected chi connectivity index (χ0v) is 15.0. The van der Waals surface area contributed by atoms with Crippen molar-refractivity contribution >= 4 is 33.2 Å². The Labute approximate surface area is 146 Å². The van der Waals surface area contributed by atoms with Crippen LogP contribution in [0.15, 0.2) is 47.4 Å². The molecular formula is C16H17ClN2O4S. The second-order valence-electron chi connectivity index (χ2n) is 5.11. The van der Waals surface area contributed by atoms with Crippen LogP contribution in [0.5, 0.6) is 5.75 Å². The van der Waals surface area contributed by atoms with E-state index in [1.807, 2.05) is 0 Å². The molecule has 0 aliphatic rings. The Balaban J connectivity index is 2.34. The Kier molecular flexibility index (Phi) is 5.48. The van der Waals surface area contributed by atoms with E-state index in [4.69, 9.17) is 16.3 Å². The second kappa shape index (κ2) is 7.21. The lowest BCUT2D eigenvalue weighted by Gasteiger charge is -2.13. The number of ether oxygens (including phenoxy) is 1. The third-order valence-corrected chi connectivity index (χ3v) is 5.33. The lowest BCUT2D eigenvalue weighted by molar-refractivity contribution is 0.102. The van der Waals surface area contributed by atoms with Crippen molar-refractivity contribution < 1.29 is 17.9 Å². The first kappa shape index (κ1) is 18.3. The van der Waals surface area contributed by atoms with Crippen LogP contribution in [0.25, 0.3) is 0 Å². The van der Waals surface area contributed by atoms with Gasteiger partial charge in [0.1, 0.15) is 5.75 Å². The van der Waals surface area contributed by atoms with E-state index in [0.29, 0.717) is 16.5 Å². The number of carbonyl (C=O) groups is 1. The molecule has 6 nitrogen and oxygen atoms in total. The van der Waals surface area contributed by atoms with Crippen molar-refractivity contribution in [2.24, 2.45) is 0 Å². The van der Waals surface area contributed by atoms with Crippen molar-refractivity contribution in [2.45, 2.75) is 4.90 Å². The zero-order chi connectivity index (χ0) is 17.9. The van der Waals surface area contributed by atoms with E-state index < -0.39 is 15.9 Å². The molecule has 1 amide bonds. The summed E-state index contributed by atoms with van der Waals surface area (Å²) < 4.78 is 30.6. The lowest BCUT2D eigenvalue weighted by atomic mass is 10.2. The standard InChI is InChI=1S/C16H17ClN2O4S/c1-19(2)24(21,22)13-6-4-5-11(9-13)16(20)18-14-10-12(17)7-8-15(14)23-3/h4-10H,1-3H3,(H,18,20). The van der Waals surface area contributed by atoms with Crippen molar-refractivity contribution in [3.05, 3.63) is 53.1 Å². The smallest absolute Gasteiger partial charge is 0.255 e. The Morgan fingerprint density at radius 1 is 1.17 bits per heavy atom. The fourth-order valence-electron chi connectivity index (χ4n) is 1.98. The molecule has 0 bridgehead atoms. The summed E-state index contributed by atoms with van der Waals surface area (Å²) in [5.41, 5.74) is 0.607. The summed E-state index contributed by atoms with van der Waals surface area (Å²) in [6.07, 6.45) is 0. The third-order valence-electron chi connectivity index (χ3n) is 3.28. The topological polar surface area (TPSA) is 75.7 Å². The van der Waals surface area contributed by atoms with E-state index >= 15 is 0 Å². The zero-order valence-electron chi connectivity index (χ0n) is 13.4. The molecule has 24 heavy (non-hydrogen) atoms. The van der Waals surface area contributed by atoms with Gasteiger partial charge in [-0.2, -0.15) is 0 Å². The van der Waals surface area contributed by atoms with Gasteiger partial charge in [0.25, 0.3) is 5.91 Å². The van der Waals surface area contributed by atoms with Gasteiger partial charge in [-0.05, 0) is 36.4 Å². The van der Waals surface area contributed by atoms with Gasteiger partial charge < -0.3 is 10.1 Å². The van der Waals surface area contributed by atoms with Gasteiger partial charge in [0, 0.05) is 24.7 Å². The van der Waals surface area contributed by atoms with Crippen molar-refractivity contribution in [3.63, 3.8) is 0 Å². The summed E-state index contributed by atoms with van der Waals surface area (Å²) in [5.74, 6) is -0.0174. The summed E-state index contributed by atoms with van der Waals surface area (Å²) in [4.78, 5) is 12.5. The van der Waals surface area contributed by atoms with Gasteiger partial charge in [-0.15, -0.1) is 0 Å². The van der Waals surface area contributed by atoms with Crippen LogP contribution in [-0.2, 0) is 10.0 Å². The number of hydrogen-bond acceptors (Lipinski definition) is 4. The average Bonchev–Trinajstić information content (AvgIpc) is 2.55. The molecule has 2 aromatic carbocycles. The lowest BCUT2D eigenvalue weighted by Crippen LogP contribution is -2.22. The molecule has 2 rings (SSSR count). The van der Waals surface area contributed by atoms with Gasteiger partial charge >= 0.3 is 0 Å². The number of methoxy groups -OCH3 is 1. The van der Waals surface area contributed by atoms with Crippen LogP contribution in [-0.4, -0.2) is 39.8 Å². The first-order chi connectivity index (χ1) is 11.3. The number of sulfonamides is 1. The number of benzene rings is 2. The molecule has 0 aromatic heterocycles. The van der Waals surface area contributed by atoms with Gasteiger partial charge in [0.05, 0.1) is 17.7 Å². The van der Waals surface area contributed by atoms with Gasteiger partial charge in [0.15, 0.2) is 0 Å². The number of amides is 1. The minimum absolute atomic E-state index is 0.0400. The molecule has 8 heteroatoms. The number of anilines is 1. The first-order valence-corrected chi connectivity index (χ1v) is 8.75. The number of halogens is 1. The Morgan fingerprint density at radius 3 is 2.50 bits per heavy atom. The highest BCUT2D eigenvalue weighted by molar-refractivity contribution is 7.89.